The molecule has 1 aromatic rings. The van der Waals surface area contributed by atoms with E-state index in [0.717, 1.165) is 30.6 Å². The Morgan fingerprint density at radius 2 is 2.14 bits per heavy atom. The molecule has 2 aliphatic heterocycles. The van der Waals surface area contributed by atoms with Crippen molar-refractivity contribution in [1.29, 1.82) is 0 Å². The van der Waals surface area contributed by atoms with Gasteiger partial charge in [0.1, 0.15) is 0 Å². The number of nitrogens with two attached hydrogens (primary N) is 1. The molecule has 0 aliphatic carbocycles. The van der Waals surface area contributed by atoms with Gasteiger partial charge in [0.15, 0.2) is 0 Å². The second-order valence-electron chi connectivity index (χ2n) is 6.41. The third kappa shape index (κ3) is 2.50. The fourth-order valence-electron chi connectivity index (χ4n) is 3.62. The van der Waals surface area contributed by atoms with Crippen LogP contribution in [0, 0.1) is 5.92 Å². The van der Waals surface area contributed by atoms with Gasteiger partial charge in [0.25, 0.3) is 5.91 Å². The summed E-state index contributed by atoms with van der Waals surface area (Å²) in [6, 6.07) is 5.93. The van der Waals surface area contributed by atoms with Crippen molar-refractivity contribution in [2.75, 3.05) is 24.5 Å². The summed E-state index contributed by atoms with van der Waals surface area (Å²) in [6.07, 6.45) is 1.79. The van der Waals surface area contributed by atoms with Crippen LogP contribution in [0.2, 0.25) is 0 Å². The van der Waals surface area contributed by atoms with Gasteiger partial charge in [-0.1, -0.05) is 0 Å². The van der Waals surface area contributed by atoms with E-state index in [2.05, 4.69) is 6.92 Å². The summed E-state index contributed by atoms with van der Waals surface area (Å²) in [5, 5.41) is 0. The summed E-state index contributed by atoms with van der Waals surface area (Å²) in [6.45, 7) is 5.74. The van der Waals surface area contributed by atoms with Gasteiger partial charge in [-0.15, -0.1) is 0 Å². The molecule has 2 aliphatic rings. The maximum Gasteiger partial charge on any atom is 0.254 e. The van der Waals surface area contributed by atoms with Crippen molar-refractivity contribution < 1.29 is 9.59 Å². The smallest absolute Gasteiger partial charge is 0.254 e. The summed E-state index contributed by atoms with van der Waals surface area (Å²) in [4.78, 5) is 28.0. The lowest BCUT2D eigenvalue weighted by Crippen LogP contribution is -2.34. The standard InChI is InChI=1S/C17H23N3O2/c1-11-7-13(9-18)10-20(11)17(22)15-3-4-16-14(8-15)5-6-19(16)12(2)21/h3-4,8,11,13H,5-7,9-10,18H2,1-2H3. The van der Waals surface area contributed by atoms with Crippen LogP contribution in [0.25, 0.3) is 0 Å². The number of benzene rings is 1. The largest absolute Gasteiger partial charge is 0.336 e. The van der Waals surface area contributed by atoms with Crippen LogP contribution in [0.15, 0.2) is 18.2 Å². The Balaban J connectivity index is 1.82. The number of hydrogen-bond acceptors (Lipinski definition) is 3. The number of likely N-dealkylation sites (tertiary alicyclic amines) is 1. The van der Waals surface area contributed by atoms with Gasteiger partial charge in [0, 0.05) is 37.3 Å². The molecule has 2 atom stereocenters. The van der Waals surface area contributed by atoms with Crippen LogP contribution >= 0.6 is 0 Å². The number of amides is 2. The summed E-state index contributed by atoms with van der Waals surface area (Å²) < 4.78 is 0. The van der Waals surface area contributed by atoms with Gasteiger partial charge in [-0.05, 0) is 56.0 Å². The normalized spacial score (nSPS) is 23.8. The van der Waals surface area contributed by atoms with E-state index < -0.39 is 0 Å². The first-order valence-corrected chi connectivity index (χ1v) is 7.93. The van der Waals surface area contributed by atoms with E-state index in [1.165, 1.54) is 0 Å². The molecular weight excluding hydrogens is 278 g/mol. The summed E-state index contributed by atoms with van der Waals surface area (Å²) in [5.41, 5.74) is 8.48. The van der Waals surface area contributed by atoms with Crippen molar-refractivity contribution in [3.63, 3.8) is 0 Å². The highest BCUT2D eigenvalue weighted by molar-refractivity contribution is 5.98. The van der Waals surface area contributed by atoms with Gasteiger partial charge in [-0.3, -0.25) is 9.59 Å². The summed E-state index contributed by atoms with van der Waals surface area (Å²) in [7, 11) is 0. The van der Waals surface area contributed by atoms with Crippen LogP contribution in [0.3, 0.4) is 0 Å². The minimum absolute atomic E-state index is 0.0526. The van der Waals surface area contributed by atoms with Crippen molar-refractivity contribution in [2.45, 2.75) is 32.7 Å². The molecule has 3 rings (SSSR count). The Labute approximate surface area is 131 Å². The Morgan fingerprint density at radius 1 is 1.36 bits per heavy atom. The predicted molar refractivity (Wildman–Crippen MR) is 85.8 cm³/mol. The molecule has 0 radical (unpaired) electrons. The molecule has 2 heterocycles. The first-order chi connectivity index (χ1) is 10.5. The van der Waals surface area contributed by atoms with E-state index in [0.29, 0.717) is 24.6 Å². The SMILES string of the molecule is CC(=O)N1CCc2cc(C(=O)N3CC(CN)CC3C)ccc21. The van der Waals surface area contributed by atoms with Gasteiger partial charge < -0.3 is 15.5 Å². The number of carbonyl (C=O) groups is 2. The number of fused-ring (bicyclic) bond motifs is 1. The molecule has 1 saturated heterocycles. The Hall–Kier alpha value is -1.88. The summed E-state index contributed by atoms with van der Waals surface area (Å²) >= 11 is 0. The second kappa shape index (κ2) is 5.72. The van der Waals surface area contributed by atoms with Crippen molar-refractivity contribution in [3.05, 3.63) is 29.3 Å². The van der Waals surface area contributed by atoms with Crippen LogP contribution < -0.4 is 10.6 Å². The first-order valence-electron chi connectivity index (χ1n) is 7.93. The van der Waals surface area contributed by atoms with Gasteiger partial charge in [0.2, 0.25) is 5.91 Å². The molecule has 118 valence electrons. The summed E-state index contributed by atoms with van der Waals surface area (Å²) in [5.74, 6) is 0.533. The minimum atomic E-state index is 0.0526. The highest BCUT2D eigenvalue weighted by atomic mass is 16.2. The van der Waals surface area contributed by atoms with Crippen LogP contribution in [0.1, 0.15) is 36.2 Å². The fraction of sp³-hybridized carbons (Fsp3) is 0.529. The van der Waals surface area contributed by atoms with Crippen molar-refractivity contribution in [2.24, 2.45) is 11.7 Å². The third-order valence-corrected chi connectivity index (χ3v) is 4.86. The van der Waals surface area contributed by atoms with Crippen LogP contribution in [-0.2, 0) is 11.2 Å². The molecule has 5 heteroatoms. The maximum atomic E-state index is 12.7. The van der Waals surface area contributed by atoms with Crippen molar-refractivity contribution in [1.82, 2.24) is 4.90 Å². The van der Waals surface area contributed by atoms with E-state index in [-0.39, 0.29) is 17.9 Å². The van der Waals surface area contributed by atoms with Gasteiger partial charge in [-0.2, -0.15) is 0 Å². The van der Waals surface area contributed by atoms with Crippen molar-refractivity contribution in [3.8, 4) is 0 Å². The molecule has 0 aromatic heterocycles. The lowest BCUT2D eigenvalue weighted by atomic mass is 10.1. The molecule has 22 heavy (non-hydrogen) atoms. The Morgan fingerprint density at radius 3 is 2.77 bits per heavy atom. The molecule has 0 bridgehead atoms. The number of nitrogens with zero attached hydrogens (tertiary/aromatic N) is 2. The highest BCUT2D eigenvalue weighted by Crippen LogP contribution is 2.30. The lowest BCUT2D eigenvalue weighted by molar-refractivity contribution is -0.116. The van der Waals surface area contributed by atoms with E-state index in [9.17, 15) is 9.59 Å². The molecule has 1 fully saturated rings. The van der Waals surface area contributed by atoms with Gasteiger partial charge in [0.05, 0.1) is 0 Å². The number of carbonyl (C=O) groups excluding carboxylic acids is 2. The Kier molecular flexibility index (Phi) is 3.91. The highest BCUT2D eigenvalue weighted by Gasteiger charge is 2.32. The molecule has 2 N–H and O–H groups in total. The Bertz CT molecular complexity index is 614. The first kappa shape index (κ1) is 15.0. The average molecular weight is 301 g/mol. The average Bonchev–Trinajstić information content (AvgIpc) is 3.09. The molecule has 2 unspecified atom stereocenters. The van der Waals surface area contributed by atoms with Crippen LogP contribution in [-0.4, -0.2) is 42.4 Å². The number of anilines is 1. The van der Waals surface area contributed by atoms with Crippen LogP contribution in [0.5, 0.6) is 0 Å². The number of rotatable bonds is 2. The monoisotopic (exact) mass is 301 g/mol. The zero-order valence-corrected chi connectivity index (χ0v) is 13.2. The number of hydrogen-bond donors (Lipinski definition) is 1. The quantitative estimate of drug-likeness (QED) is 0.898. The lowest BCUT2D eigenvalue weighted by Gasteiger charge is -2.22. The van der Waals surface area contributed by atoms with E-state index in [1.807, 2.05) is 23.1 Å². The van der Waals surface area contributed by atoms with Gasteiger partial charge >= 0.3 is 0 Å². The third-order valence-electron chi connectivity index (χ3n) is 4.86. The van der Waals surface area contributed by atoms with E-state index in [1.54, 1.807) is 11.8 Å². The van der Waals surface area contributed by atoms with E-state index >= 15 is 0 Å². The second-order valence-corrected chi connectivity index (χ2v) is 6.41. The zero-order valence-electron chi connectivity index (χ0n) is 13.2. The molecule has 2 amide bonds. The molecular formula is C17H23N3O2. The topological polar surface area (TPSA) is 66.6 Å². The fourth-order valence-corrected chi connectivity index (χ4v) is 3.62. The molecule has 0 saturated carbocycles. The van der Waals surface area contributed by atoms with E-state index in [4.69, 9.17) is 5.73 Å². The van der Waals surface area contributed by atoms with Crippen molar-refractivity contribution >= 4 is 17.5 Å². The molecule has 0 spiro atoms. The predicted octanol–water partition coefficient (Wildman–Crippen LogP) is 1.40. The molecule has 5 nitrogen and oxygen atoms in total. The zero-order chi connectivity index (χ0) is 15.9. The van der Waals surface area contributed by atoms with Crippen LogP contribution in [0.4, 0.5) is 5.69 Å². The van der Waals surface area contributed by atoms with Gasteiger partial charge in [-0.25, -0.2) is 0 Å². The minimum Gasteiger partial charge on any atom is -0.336 e. The molecule has 1 aromatic carbocycles. The maximum absolute atomic E-state index is 12.7.